The fraction of sp³-hybridized carbons (Fsp3) is 0.600. The molecule has 0 amide bonds. The van der Waals surface area contributed by atoms with E-state index in [2.05, 4.69) is 0 Å². The number of hydrogen-bond acceptors (Lipinski definition) is 4. The molecule has 0 radical (unpaired) electrons. The molecule has 1 aliphatic rings. The molecule has 2 N–H and O–H groups in total. The van der Waals surface area contributed by atoms with Crippen LogP contribution in [0.2, 0.25) is 0 Å². The molecule has 0 aromatic heterocycles. The zero-order valence-electron chi connectivity index (χ0n) is 11.9. The van der Waals surface area contributed by atoms with E-state index in [4.69, 9.17) is 15.2 Å². The summed E-state index contributed by atoms with van der Waals surface area (Å²) in [6.45, 7) is 1.62. The van der Waals surface area contributed by atoms with Gasteiger partial charge in [-0.1, -0.05) is 0 Å². The number of nitrogen functional groups attached to an aromatic ring is 1. The third-order valence-corrected chi connectivity index (χ3v) is 3.47. The SMILES string of the molecule is CN(C)c1ccc(N)c(OCCCC2CCCO2)c1. The second-order valence-corrected chi connectivity index (χ2v) is 5.24. The second-order valence-electron chi connectivity index (χ2n) is 5.24. The minimum Gasteiger partial charge on any atom is -0.491 e. The summed E-state index contributed by atoms with van der Waals surface area (Å²) in [6.07, 6.45) is 4.92. The highest BCUT2D eigenvalue weighted by Crippen LogP contribution is 2.27. The molecule has 1 atom stereocenters. The molecule has 1 aromatic rings. The van der Waals surface area contributed by atoms with Gasteiger partial charge in [0.25, 0.3) is 0 Å². The van der Waals surface area contributed by atoms with Crippen LogP contribution in [0.15, 0.2) is 18.2 Å². The largest absolute Gasteiger partial charge is 0.491 e. The molecule has 1 unspecified atom stereocenters. The standard InChI is InChI=1S/C15H24N2O2/c1-17(2)12-7-8-14(16)15(11-12)19-10-4-6-13-5-3-9-18-13/h7-8,11,13H,3-6,9-10,16H2,1-2H3. The summed E-state index contributed by atoms with van der Waals surface area (Å²) in [6, 6.07) is 5.88. The summed E-state index contributed by atoms with van der Waals surface area (Å²) in [7, 11) is 4.01. The topological polar surface area (TPSA) is 47.7 Å². The van der Waals surface area contributed by atoms with E-state index < -0.39 is 0 Å². The molecule has 4 heteroatoms. The van der Waals surface area contributed by atoms with Gasteiger partial charge in [0.15, 0.2) is 0 Å². The molecule has 106 valence electrons. The molecular formula is C15H24N2O2. The molecule has 0 aliphatic carbocycles. The van der Waals surface area contributed by atoms with Crippen molar-refractivity contribution in [2.75, 3.05) is 37.9 Å². The number of rotatable bonds is 6. The van der Waals surface area contributed by atoms with Crippen molar-refractivity contribution in [2.24, 2.45) is 0 Å². The Bertz CT molecular complexity index is 401. The first-order chi connectivity index (χ1) is 9.16. The third-order valence-electron chi connectivity index (χ3n) is 3.47. The lowest BCUT2D eigenvalue weighted by atomic mass is 10.1. The van der Waals surface area contributed by atoms with Crippen molar-refractivity contribution in [3.63, 3.8) is 0 Å². The van der Waals surface area contributed by atoms with E-state index in [1.54, 1.807) is 0 Å². The van der Waals surface area contributed by atoms with Gasteiger partial charge < -0.3 is 20.1 Å². The van der Waals surface area contributed by atoms with Crippen LogP contribution in [-0.4, -0.2) is 33.4 Å². The second kappa shape index (κ2) is 6.66. The predicted molar refractivity (Wildman–Crippen MR) is 78.9 cm³/mol. The van der Waals surface area contributed by atoms with Crippen molar-refractivity contribution in [1.29, 1.82) is 0 Å². The number of anilines is 2. The highest BCUT2D eigenvalue weighted by atomic mass is 16.5. The van der Waals surface area contributed by atoms with E-state index in [0.29, 0.717) is 18.4 Å². The lowest BCUT2D eigenvalue weighted by Crippen LogP contribution is -2.10. The molecule has 0 bridgehead atoms. The van der Waals surface area contributed by atoms with Crippen LogP contribution in [-0.2, 0) is 4.74 Å². The highest BCUT2D eigenvalue weighted by Gasteiger charge is 2.14. The van der Waals surface area contributed by atoms with Gasteiger partial charge in [-0.05, 0) is 37.8 Å². The lowest BCUT2D eigenvalue weighted by Gasteiger charge is -2.16. The number of ether oxygens (including phenoxy) is 2. The molecule has 2 rings (SSSR count). The van der Waals surface area contributed by atoms with Crippen LogP contribution in [0.4, 0.5) is 11.4 Å². The van der Waals surface area contributed by atoms with Gasteiger partial charge in [-0.2, -0.15) is 0 Å². The Morgan fingerprint density at radius 3 is 2.95 bits per heavy atom. The van der Waals surface area contributed by atoms with E-state index in [0.717, 1.165) is 30.9 Å². The quantitative estimate of drug-likeness (QED) is 0.634. The minimum absolute atomic E-state index is 0.439. The average Bonchev–Trinajstić information content (AvgIpc) is 2.89. The minimum atomic E-state index is 0.439. The van der Waals surface area contributed by atoms with Gasteiger partial charge in [-0.25, -0.2) is 0 Å². The van der Waals surface area contributed by atoms with Gasteiger partial charge in [-0.3, -0.25) is 0 Å². The molecule has 1 fully saturated rings. The van der Waals surface area contributed by atoms with E-state index in [9.17, 15) is 0 Å². The molecular weight excluding hydrogens is 240 g/mol. The number of nitrogens with two attached hydrogens (primary N) is 1. The number of hydrogen-bond donors (Lipinski definition) is 1. The van der Waals surface area contributed by atoms with Crippen molar-refractivity contribution in [2.45, 2.75) is 31.8 Å². The first kappa shape index (κ1) is 14.0. The lowest BCUT2D eigenvalue weighted by molar-refractivity contribution is 0.0982. The Hall–Kier alpha value is -1.42. The van der Waals surface area contributed by atoms with Crippen LogP contribution in [0.25, 0.3) is 0 Å². The molecule has 1 aliphatic heterocycles. The first-order valence-electron chi connectivity index (χ1n) is 6.98. The Kier molecular flexibility index (Phi) is 4.91. The molecule has 1 aromatic carbocycles. The average molecular weight is 264 g/mol. The summed E-state index contributed by atoms with van der Waals surface area (Å²) in [5, 5.41) is 0. The third kappa shape index (κ3) is 4.03. The van der Waals surface area contributed by atoms with Crippen LogP contribution in [0.3, 0.4) is 0 Å². The Morgan fingerprint density at radius 2 is 2.26 bits per heavy atom. The Balaban J connectivity index is 1.79. The molecule has 1 saturated heterocycles. The molecule has 0 spiro atoms. The van der Waals surface area contributed by atoms with E-state index >= 15 is 0 Å². The smallest absolute Gasteiger partial charge is 0.144 e. The Morgan fingerprint density at radius 1 is 1.42 bits per heavy atom. The van der Waals surface area contributed by atoms with Crippen molar-refractivity contribution in [3.8, 4) is 5.75 Å². The fourth-order valence-corrected chi connectivity index (χ4v) is 2.29. The zero-order valence-corrected chi connectivity index (χ0v) is 11.9. The van der Waals surface area contributed by atoms with Gasteiger partial charge in [0.1, 0.15) is 5.75 Å². The van der Waals surface area contributed by atoms with Crippen molar-refractivity contribution in [3.05, 3.63) is 18.2 Å². The normalized spacial score (nSPS) is 18.5. The van der Waals surface area contributed by atoms with E-state index in [-0.39, 0.29) is 0 Å². The maximum Gasteiger partial charge on any atom is 0.144 e. The van der Waals surface area contributed by atoms with Gasteiger partial charge in [0, 0.05) is 32.5 Å². The summed E-state index contributed by atoms with van der Waals surface area (Å²) in [4.78, 5) is 2.04. The van der Waals surface area contributed by atoms with Gasteiger partial charge in [0.2, 0.25) is 0 Å². The summed E-state index contributed by atoms with van der Waals surface area (Å²) >= 11 is 0. The predicted octanol–water partition coefficient (Wildman–Crippen LogP) is 2.67. The van der Waals surface area contributed by atoms with Crippen LogP contribution in [0, 0.1) is 0 Å². The van der Waals surface area contributed by atoms with Gasteiger partial charge in [-0.15, -0.1) is 0 Å². The van der Waals surface area contributed by atoms with Crippen molar-refractivity contribution < 1.29 is 9.47 Å². The van der Waals surface area contributed by atoms with Crippen molar-refractivity contribution >= 4 is 11.4 Å². The van der Waals surface area contributed by atoms with Crippen molar-refractivity contribution in [1.82, 2.24) is 0 Å². The van der Waals surface area contributed by atoms with Gasteiger partial charge >= 0.3 is 0 Å². The maximum absolute atomic E-state index is 5.93. The molecule has 0 saturated carbocycles. The first-order valence-corrected chi connectivity index (χ1v) is 6.98. The molecule has 4 nitrogen and oxygen atoms in total. The highest BCUT2D eigenvalue weighted by molar-refractivity contribution is 5.61. The summed E-state index contributed by atoms with van der Waals surface area (Å²) in [5.74, 6) is 0.776. The molecule has 1 heterocycles. The molecule has 19 heavy (non-hydrogen) atoms. The van der Waals surface area contributed by atoms with Crippen LogP contribution < -0.4 is 15.4 Å². The maximum atomic E-state index is 5.93. The van der Waals surface area contributed by atoms with Crippen LogP contribution in [0.5, 0.6) is 5.75 Å². The van der Waals surface area contributed by atoms with Crippen LogP contribution >= 0.6 is 0 Å². The Labute approximate surface area is 115 Å². The van der Waals surface area contributed by atoms with E-state index in [1.165, 1.54) is 12.8 Å². The summed E-state index contributed by atoms with van der Waals surface area (Å²) in [5.41, 5.74) is 7.72. The summed E-state index contributed by atoms with van der Waals surface area (Å²) < 4.78 is 11.4. The zero-order chi connectivity index (χ0) is 13.7. The fourth-order valence-electron chi connectivity index (χ4n) is 2.29. The number of benzene rings is 1. The monoisotopic (exact) mass is 264 g/mol. The number of nitrogens with zero attached hydrogens (tertiary/aromatic N) is 1. The van der Waals surface area contributed by atoms with Gasteiger partial charge in [0.05, 0.1) is 18.4 Å². The van der Waals surface area contributed by atoms with E-state index in [1.807, 2.05) is 37.2 Å². The van der Waals surface area contributed by atoms with Crippen LogP contribution in [0.1, 0.15) is 25.7 Å².